The molecule has 0 saturated carbocycles. The summed E-state index contributed by atoms with van der Waals surface area (Å²) in [5, 5.41) is 16.7. The number of halogens is 1. The largest absolute Gasteiger partial charge is 0.387 e. The zero-order valence-electron chi connectivity index (χ0n) is 19.3. The molecular weight excluding hydrogens is 451 g/mol. The van der Waals surface area contributed by atoms with Crippen molar-refractivity contribution >= 4 is 40.7 Å². The van der Waals surface area contributed by atoms with Crippen LogP contribution in [0.3, 0.4) is 0 Å². The number of carbonyl (C=O) groups excluding carboxylic acids is 3. The lowest BCUT2D eigenvalue weighted by molar-refractivity contribution is -0.119. The third-order valence-electron chi connectivity index (χ3n) is 5.79. The van der Waals surface area contributed by atoms with E-state index in [4.69, 9.17) is 5.11 Å². The summed E-state index contributed by atoms with van der Waals surface area (Å²) in [6.07, 6.45) is 2.25. The topological polar surface area (TPSA) is 123 Å². The molecule has 180 valence electrons. The fraction of sp³-hybridized carbons (Fsp3) is 0.192. The molecule has 3 aromatic rings. The number of aromatic nitrogens is 1. The van der Waals surface area contributed by atoms with Crippen LogP contribution < -0.4 is 16.0 Å². The molecule has 0 saturated heterocycles. The molecule has 9 heteroatoms. The summed E-state index contributed by atoms with van der Waals surface area (Å²) in [6.45, 7) is 3.11. The van der Waals surface area contributed by atoms with E-state index in [9.17, 15) is 18.8 Å². The Morgan fingerprint density at radius 2 is 1.91 bits per heavy atom. The predicted octanol–water partition coefficient (Wildman–Crippen LogP) is 3.23. The van der Waals surface area contributed by atoms with Crippen molar-refractivity contribution in [3.05, 3.63) is 70.8 Å². The number of rotatable bonds is 7. The molecule has 0 radical (unpaired) electrons. The molecule has 2 heterocycles. The number of aliphatic hydroxyl groups is 1. The third-order valence-corrected chi connectivity index (χ3v) is 5.79. The van der Waals surface area contributed by atoms with E-state index in [1.165, 1.54) is 19.1 Å². The monoisotopic (exact) mass is 476 g/mol. The van der Waals surface area contributed by atoms with Crippen molar-refractivity contribution in [3.8, 4) is 11.1 Å². The van der Waals surface area contributed by atoms with Crippen LogP contribution in [0, 0.1) is 12.7 Å². The summed E-state index contributed by atoms with van der Waals surface area (Å²) < 4.78 is 14.7. The van der Waals surface area contributed by atoms with Gasteiger partial charge in [0.15, 0.2) is 0 Å². The minimum Gasteiger partial charge on any atom is -0.387 e. The Kier molecular flexibility index (Phi) is 6.79. The number of anilines is 2. The highest BCUT2D eigenvalue weighted by atomic mass is 19.1. The lowest BCUT2D eigenvalue weighted by Gasteiger charge is -2.08. The fourth-order valence-corrected chi connectivity index (χ4v) is 4.15. The van der Waals surface area contributed by atoms with Crippen LogP contribution in [0.4, 0.5) is 15.8 Å². The molecule has 4 rings (SSSR count). The van der Waals surface area contributed by atoms with E-state index >= 15 is 0 Å². The molecule has 1 aliphatic rings. The number of benzene rings is 2. The molecule has 1 aromatic heterocycles. The van der Waals surface area contributed by atoms with Gasteiger partial charge < -0.3 is 26.0 Å². The molecule has 5 N–H and O–H groups in total. The molecule has 8 nitrogen and oxygen atoms in total. The summed E-state index contributed by atoms with van der Waals surface area (Å²) in [4.78, 5) is 39.0. The highest BCUT2D eigenvalue weighted by Gasteiger charge is 2.27. The Balaban J connectivity index is 1.78. The number of hydrogen-bond donors (Lipinski definition) is 5. The lowest BCUT2D eigenvalue weighted by atomic mass is 9.98. The van der Waals surface area contributed by atoms with Crippen LogP contribution in [0.1, 0.15) is 29.4 Å². The number of hydrogen-bond acceptors (Lipinski definition) is 4. The molecule has 0 fully saturated rings. The van der Waals surface area contributed by atoms with Crippen molar-refractivity contribution in [1.82, 2.24) is 10.3 Å². The maximum Gasteiger partial charge on any atom is 0.256 e. The molecule has 0 spiro atoms. The van der Waals surface area contributed by atoms with Crippen molar-refractivity contribution in [2.24, 2.45) is 0 Å². The Bertz CT molecular complexity index is 1350. The van der Waals surface area contributed by atoms with Gasteiger partial charge in [0.05, 0.1) is 16.9 Å². The second-order valence-electron chi connectivity index (χ2n) is 8.21. The summed E-state index contributed by atoms with van der Waals surface area (Å²) in [5.41, 5.74) is 5.29. The number of nitrogens with one attached hydrogen (secondary N) is 4. The smallest absolute Gasteiger partial charge is 0.256 e. The van der Waals surface area contributed by atoms with Crippen LogP contribution >= 0.6 is 0 Å². The number of amides is 3. The average molecular weight is 477 g/mol. The van der Waals surface area contributed by atoms with Gasteiger partial charge in [0.2, 0.25) is 11.8 Å². The first kappa shape index (κ1) is 23.9. The van der Waals surface area contributed by atoms with Gasteiger partial charge in [0, 0.05) is 42.4 Å². The molecule has 0 atom stereocenters. The van der Waals surface area contributed by atoms with Crippen molar-refractivity contribution in [1.29, 1.82) is 0 Å². The summed E-state index contributed by atoms with van der Waals surface area (Å²) in [6, 6.07) is 12.2. The van der Waals surface area contributed by atoms with Gasteiger partial charge in [-0.25, -0.2) is 4.39 Å². The fourth-order valence-electron chi connectivity index (χ4n) is 4.15. The molecule has 1 aliphatic heterocycles. The SMILES string of the molecule is CC(=O)NCCc1[nH]c(/C=C2\C(=O)Nc3cc(NC(=O)CO)c(F)cc32)c(-c2ccccc2)c1C. The minimum absolute atomic E-state index is 0.115. The molecule has 0 bridgehead atoms. The van der Waals surface area contributed by atoms with Gasteiger partial charge in [-0.2, -0.15) is 0 Å². The normalized spacial score (nSPS) is 13.5. The number of aromatic amines is 1. The second-order valence-corrected chi connectivity index (χ2v) is 8.21. The number of fused-ring (bicyclic) bond motifs is 1. The van der Waals surface area contributed by atoms with Crippen LogP contribution in [0.15, 0.2) is 42.5 Å². The highest BCUT2D eigenvalue weighted by Crippen LogP contribution is 2.39. The number of H-pyrrole nitrogens is 1. The van der Waals surface area contributed by atoms with Crippen molar-refractivity contribution in [2.75, 3.05) is 23.8 Å². The highest BCUT2D eigenvalue weighted by molar-refractivity contribution is 6.35. The van der Waals surface area contributed by atoms with E-state index in [1.807, 2.05) is 37.3 Å². The molecule has 0 unspecified atom stereocenters. The Morgan fingerprint density at radius 1 is 1.17 bits per heavy atom. The standard InChI is InChI=1S/C26H25FN4O4/c1-14-20(8-9-28-15(2)33)29-23(25(14)16-6-4-3-5-7-16)11-18-17-10-19(27)22(30-24(34)13-32)12-21(17)31-26(18)35/h3-7,10-12,29,32H,8-9,13H2,1-2H3,(H,28,33)(H,30,34)(H,31,35)/b18-11-. The lowest BCUT2D eigenvalue weighted by Crippen LogP contribution is -2.22. The quantitative estimate of drug-likeness (QED) is 0.336. The summed E-state index contributed by atoms with van der Waals surface area (Å²) >= 11 is 0. The van der Waals surface area contributed by atoms with E-state index < -0.39 is 24.2 Å². The molecule has 2 aromatic carbocycles. The van der Waals surface area contributed by atoms with Crippen molar-refractivity contribution < 1.29 is 23.9 Å². The first-order valence-electron chi connectivity index (χ1n) is 11.1. The van der Waals surface area contributed by atoms with Gasteiger partial charge in [-0.3, -0.25) is 14.4 Å². The summed E-state index contributed by atoms with van der Waals surface area (Å²) in [5.74, 6) is -2.01. The van der Waals surface area contributed by atoms with E-state index in [-0.39, 0.29) is 17.2 Å². The van der Waals surface area contributed by atoms with Crippen molar-refractivity contribution in [2.45, 2.75) is 20.3 Å². The van der Waals surface area contributed by atoms with Gasteiger partial charge in [-0.15, -0.1) is 0 Å². The summed E-state index contributed by atoms with van der Waals surface area (Å²) in [7, 11) is 0. The average Bonchev–Trinajstić information content (AvgIpc) is 3.30. The first-order chi connectivity index (χ1) is 16.8. The Hall–Kier alpha value is -4.24. The minimum atomic E-state index is -0.785. The number of aliphatic hydroxyl groups excluding tert-OH is 1. The van der Waals surface area contributed by atoms with E-state index in [0.29, 0.717) is 29.9 Å². The predicted molar refractivity (Wildman–Crippen MR) is 132 cm³/mol. The van der Waals surface area contributed by atoms with E-state index in [1.54, 1.807) is 6.08 Å². The van der Waals surface area contributed by atoms with Crippen LogP contribution in [0.2, 0.25) is 0 Å². The second kappa shape index (κ2) is 9.94. The maximum absolute atomic E-state index is 14.7. The van der Waals surface area contributed by atoms with E-state index in [0.717, 1.165) is 22.4 Å². The van der Waals surface area contributed by atoms with Crippen LogP contribution in [0.25, 0.3) is 22.8 Å². The van der Waals surface area contributed by atoms with Gasteiger partial charge >= 0.3 is 0 Å². The van der Waals surface area contributed by atoms with Crippen LogP contribution in [-0.2, 0) is 20.8 Å². The van der Waals surface area contributed by atoms with Crippen molar-refractivity contribution in [3.63, 3.8) is 0 Å². The number of carbonyl (C=O) groups is 3. The molecule has 35 heavy (non-hydrogen) atoms. The molecular formula is C26H25FN4O4. The van der Waals surface area contributed by atoms with Crippen LogP contribution in [-0.4, -0.2) is 41.0 Å². The van der Waals surface area contributed by atoms with Gasteiger partial charge in [-0.1, -0.05) is 30.3 Å². The molecule has 0 aliphatic carbocycles. The van der Waals surface area contributed by atoms with Crippen LogP contribution in [0.5, 0.6) is 0 Å². The van der Waals surface area contributed by atoms with E-state index in [2.05, 4.69) is 20.9 Å². The first-order valence-corrected chi connectivity index (χ1v) is 11.1. The maximum atomic E-state index is 14.7. The Labute approximate surface area is 201 Å². The Morgan fingerprint density at radius 3 is 2.60 bits per heavy atom. The zero-order chi connectivity index (χ0) is 25.1. The zero-order valence-corrected chi connectivity index (χ0v) is 19.3. The third kappa shape index (κ3) is 4.99. The van der Waals surface area contributed by atoms with Gasteiger partial charge in [0.25, 0.3) is 5.91 Å². The van der Waals surface area contributed by atoms with Gasteiger partial charge in [-0.05, 0) is 36.3 Å². The molecule has 3 amide bonds. The van der Waals surface area contributed by atoms with Gasteiger partial charge in [0.1, 0.15) is 12.4 Å².